The summed E-state index contributed by atoms with van der Waals surface area (Å²) >= 11 is 4.24. The Morgan fingerprint density at radius 1 is 1.17 bits per heavy atom. The number of allylic oxidation sites excluding steroid dienone is 4. The first-order valence-corrected chi connectivity index (χ1v) is 11.5. The van der Waals surface area contributed by atoms with E-state index in [0.29, 0.717) is 37.0 Å². The minimum atomic E-state index is -1.10. The number of fused-ring (bicyclic) bond motifs is 5. The van der Waals surface area contributed by atoms with Gasteiger partial charge in [0.2, 0.25) is 5.12 Å². The number of ether oxygens (including phenoxy) is 1. The van der Waals surface area contributed by atoms with E-state index in [4.69, 9.17) is 4.74 Å². The van der Waals surface area contributed by atoms with Gasteiger partial charge in [-0.2, -0.15) is 0 Å². The topological polar surface area (TPSA) is 60.4 Å². The predicted octanol–water partition coefficient (Wildman–Crippen LogP) is 4.83. The monoisotopic (exact) mass is 416 g/mol. The number of esters is 1. The molecule has 4 aliphatic rings. The van der Waals surface area contributed by atoms with Crippen molar-refractivity contribution in [2.24, 2.45) is 28.6 Å². The van der Waals surface area contributed by atoms with Crippen LogP contribution in [-0.2, 0) is 19.1 Å². The van der Waals surface area contributed by atoms with E-state index in [0.717, 1.165) is 32.1 Å². The van der Waals surface area contributed by atoms with Crippen LogP contribution in [0.1, 0.15) is 72.1 Å². The van der Waals surface area contributed by atoms with Gasteiger partial charge < -0.3 is 4.74 Å². The molecule has 0 aromatic heterocycles. The molecule has 0 radical (unpaired) electrons. The van der Waals surface area contributed by atoms with Crippen LogP contribution in [0.4, 0.5) is 0 Å². The van der Waals surface area contributed by atoms with Crippen LogP contribution < -0.4 is 0 Å². The van der Waals surface area contributed by atoms with Crippen molar-refractivity contribution in [1.29, 1.82) is 0 Å². The normalized spacial score (nSPS) is 43.1. The lowest BCUT2D eigenvalue weighted by Gasteiger charge is -2.58. The van der Waals surface area contributed by atoms with Crippen molar-refractivity contribution in [2.75, 3.05) is 0 Å². The lowest BCUT2D eigenvalue weighted by Crippen LogP contribution is -2.58. The molecule has 0 amide bonds. The van der Waals surface area contributed by atoms with Crippen LogP contribution in [0.5, 0.6) is 0 Å². The summed E-state index contributed by atoms with van der Waals surface area (Å²) in [5, 5.41) is -0.295. The Morgan fingerprint density at radius 2 is 1.90 bits per heavy atom. The fourth-order valence-electron chi connectivity index (χ4n) is 7.21. The molecule has 0 aromatic carbocycles. The maximum atomic E-state index is 12.8. The van der Waals surface area contributed by atoms with Crippen molar-refractivity contribution in [1.82, 2.24) is 0 Å². The summed E-state index contributed by atoms with van der Waals surface area (Å²) in [6.45, 7) is 6.37. The molecule has 29 heavy (non-hydrogen) atoms. The van der Waals surface area contributed by atoms with Crippen LogP contribution >= 0.6 is 12.6 Å². The smallest absolute Gasteiger partial charge is 0.306 e. The molecule has 5 heteroatoms. The average molecular weight is 417 g/mol. The molecule has 4 aliphatic carbocycles. The molecule has 3 saturated carbocycles. The maximum Gasteiger partial charge on any atom is 0.306 e. The third-order valence-electron chi connectivity index (χ3n) is 8.76. The first-order chi connectivity index (χ1) is 13.7. The van der Waals surface area contributed by atoms with Crippen LogP contribution in [0.25, 0.3) is 0 Å². The van der Waals surface area contributed by atoms with E-state index in [-0.39, 0.29) is 27.7 Å². The Morgan fingerprint density at radius 3 is 2.59 bits per heavy atom. The SMILES string of the molecule is CCCC(=O)O[C@]1(C(=O)S)CC[C@H]2[C@@H]3CCC4=CC(=O)C=C[C@]4(C)[C@H]3CC[C@@]21C. The van der Waals surface area contributed by atoms with Gasteiger partial charge in [0, 0.05) is 17.3 Å². The molecule has 0 bridgehead atoms. The van der Waals surface area contributed by atoms with Gasteiger partial charge >= 0.3 is 5.97 Å². The highest BCUT2D eigenvalue weighted by atomic mass is 32.1. The summed E-state index contributed by atoms with van der Waals surface area (Å²) in [4.78, 5) is 37.1. The van der Waals surface area contributed by atoms with E-state index in [1.54, 1.807) is 6.08 Å². The number of carbonyl (C=O) groups excluding carboxylic acids is 3. The lowest BCUT2D eigenvalue weighted by molar-refractivity contribution is -0.184. The lowest BCUT2D eigenvalue weighted by atomic mass is 9.47. The standard InChI is InChI=1S/C24H32O4S/c1-4-5-20(26)28-24(21(27)29)13-10-19-17-7-6-15-14-16(25)8-11-22(15,2)18(17)9-12-23(19,24)3/h8,11,14,17-19H,4-7,9-10,12-13H2,1-3H3,(H,27,29)/t17-,18+,19+,22+,23+,24+/m1/s1. The minimum absolute atomic E-state index is 0.0761. The van der Waals surface area contributed by atoms with Crippen molar-refractivity contribution >= 4 is 29.5 Å². The number of ketones is 1. The Hall–Kier alpha value is -1.36. The highest BCUT2D eigenvalue weighted by Crippen LogP contribution is 2.68. The Kier molecular flexibility index (Phi) is 5.12. The van der Waals surface area contributed by atoms with Crippen LogP contribution in [0.2, 0.25) is 0 Å². The molecule has 3 fully saturated rings. The first kappa shape index (κ1) is 20.9. The molecule has 0 heterocycles. The minimum Gasteiger partial charge on any atom is -0.449 e. The van der Waals surface area contributed by atoms with Crippen LogP contribution in [0.15, 0.2) is 23.8 Å². The van der Waals surface area contributed by atoms with Crippen molar-refractivity contribution in [3.8, 4) is 0 Å². The van der Waals surface area contributed by atoms with E-state index < -0.39 is 5.60 Å². The van der Waals surface area contributed by atoms with Crippen molar-refractivity contribution < 1.29 is 19.1 Å². The summed E-state index contributed by atoms with van der Waals surface area (Å²) < 4.78 is 5.96. The summed E-state index contributed by atoms with van der Waals surface area (Å²) in [5.41, 5.74) is -0.290. The molecule has 0 unspecified atom stereocenters. The summed E-state index contributed by atoms with van der Waals surface area (Å²) in [6, 6.07) is 0. The maximum absolute atomic E-state index is 12.8. The largest absolute Gasteiger partial charge is 0.449 e. The molecule has 6 atom stereocenters. The van der Waals surface area contributed by atoms with Gasteiger partial charge in [-0.3, -0.25) is 14.4 Å². The quantitative estimate of drug-likeness (QED) is 0.527. The van der Waals surface area contributed by atoms with Gasteiger partial charge in [-0.15, -0.1) is 12.6 Å². The first-order valence-electron chi connectivity index (χ1n) is 11.1. The molecular weight excluding hydrogens is 384 g/mol. The van der Waals surface area contributed by atoms with E-state index in [1.807, 2.05) is 13.0 Å². The van der Waals surface area contributed by atoms with Gasteiger partial charge in [0.05, 0.1) is 0 Å². The van der Waals surface area contributed by atoms with Gasteiger partial charge in [0.15, 0.2) is 11.4 Å². The van der Waals surface area contributed by atoms with Crippen LogP contribution in [0, 0.1) is 28.6 Å². The zero-order valence-electron chi connectivity index (χ0n) is 17.7. The fraction of sp³-hybridized carbons (Fsp3) is 0.708. The second-order valence-electron chi connectivity index (χ2n) is 9.95. The Balaban J connectivity index is 1.67. The van der Waals surface area contributed by atoms with E-state index in [9.17, 15) is 14.4 Å². The van der Waals surface area contributed by atoms with Crippen molar-refractivity contribution in [2.45, 2.75) is 77.7 Å². The molecular formula is C24H32O4S. The van der Waals surface area contributed by atoms with Crippen LogP contribution in [0.3, 0.4) is 0 Å². The third-order valence-corrected chi connectivity index (χ3v) is 9.13. The average Bonchev–Trinajstić information content (AvgIpc) is 2.96. The van der Waals surface area contributed by atoms with Gasteiger partial charge in [-0.1, -0.05) is 32.4 Å². The molecule has 0 N–H and O–H groups in total. The predicted molar refractivity (Wildman–Crippen MR) is 114 cm³/mol. The van der Waals surface area contributed by atoms with Gasteiger partial charge in [-0.05, 0) is 74.9 Å². The summed E-state index contributed by atoms with van der Waals surface area (Å²) in [7, 11) is 0. The molecule has 0 aromatic rings. The third kappa shape index (κ3) is 2.90. The molecule has 0 spiro atoms. The summed E-state index contributed by atoms with van der Waals surface area (Å²) in [6.07, 6.45) is 12.0. The number of rotatable bonds is 4. The highest BCUT2D eigenvalue weighted by Gasteiger charge is 2.68. The van der Waals surface area contributed by atoms with E-state index in [1.165, 1.54) is 5.57 Å². The Bertz CT molecular complexity index is 814. The van der Waals surface area contributed by atoms with E-state index >= 15 is 0 Å². The van der Waals surface area contributed by atoms with Gasteiger partial charge in [0.25, 0.3) is 0 Å². The fourth-order valence-corrected chi connectivity index (χ4v) is 7.62. The second-order valence-corrected chi connectivity index (χ2v) is 10.4. The molecule has 158 valence electrons. The Labute approximate surface area is 178 Å². The van der Waals surface area contributed by atoms with Gasteiger partial charge in [-0.25, -0.2) is 0 Å². The van der Waals surface area contributed by atoms with Crippen molar-refractivity contribution in [3.05, 3.63) is 23.8 Å². The molecule has 4 nitrogen and oxygen atoms in total. The number of hydrogen-bond acceptors (Lipinski definition) is 4. The zero-order chi connectivity index (χ0) is 21.0. The second kappa shape index (κ2) is 7.11. The van der Waals surface area contributed by atoms with Gasteiger partial charge in [0.1, 0.15) is 0 Å². The van der Waals surface area contributed by atoms with E-state index in [2.05, 4.69) is 32.6 Å². The molecule has 0 saturated heterocycles. The highest BCUT2D eigenvalue weighted by molar-refractivity contribution is 7.96. The summed E-state index contributed by atoms with van der Waals surface area (Å²) in [5.74, 6) is 1.07. The van der Waals surface area contributed by atoms with Crippen molar-refractivity contribution in [3.63, 3.8) is 0 Å². The zero-order valence-corrected chi connectivity index (χ0v) is 18.6. The molecule has 0 aliphatic heterocycles. The number of thiol groups is 1. The van der Waals surface area contributed by atoms with Crippen LogP contribution in [-0.4, -0.2) is 22.5 Å². The number of hydrogen-bond donors (Lipinski definition) is 1. The number of carbonyl (C=O) groups is 3. The molecule has 4 rings (SSSR count).